The molecule has 0 aromatic carbocycles. The van der Waals surface area contributed by atoms with Crippen molar-refractivity contribution >= 4 is 24.5 Å². The number of halogens is 1. The molecule has 0 spiro atoms. The molecule has 1 aliphatic heterocycles. The summed E-state index contributed by atoms with van der Waals surface area (Å²) in [6, 6.07) is 3.36. The molecule has 1 aromatic heterocycles. The van der Waals surface area contributed by atoms with Crippen molar-refractivity contribution in [2.75, 3.05) is 0 Å². The first-order valence-corrected chi connectivity index (χ1v) is 6.06. The molecule has 5 nitrogen and oxygen atoms in total. The smallest absolute Gasteiger partial charge is 0.248 e. The molecule has 102 valence electrons. The molecule has 0 amide bonds. The molecule has 3 rings (SSSR count). The fraction of sp³-hybridized carbons (Fsp3) is 0.385. The number of ether oxygens (including phenoxy) is 1. The van der Waals surface area contributed by atoms with Gasteiger partial charge < -0.3 is 15.0 Å². The van der Waals surface area contributed by atoms with Crippen LogP contribution in [0.4, 0.5) is 0 Å². The lowest BCUT2D eigenvalue weighted by molar-refractivity contribution is 0.177. The number of pyridine rings is 1. The van der Waals surface area contributed by atoms with Crippen LogP contribution in [0.1, 0.15) is 36.9 Å². The van der Waals surface area contributed by atoms with Crippen LogP contribution in [0, 0.1) is 5.41 Å². The highest BCUT2D eigenvalue weighted by molar-refractivity contribution is 5.85. The van der Waals surface area contributed by atoms with Crippen molar-refractivity contribution in [1.82, 2.24) is 10.3 Å². The molecule has 0 saturated heterocycles. The number of hydrogen-bond donors (Lipinski definition) is 3. The van der Waals surface area contributed by atoms with Crippen molar-refractivity contribution in [2.24, 2.45) is 0 Å². The van der Waals surface area contributed by atoms with Crippen LogP contribution < -0.4 is 10.9 Å². The van der Waals surface area contributed by atoms with Gasteiger partial charge >= 0.3 is 0 Å². The monoisotopic (exact) mass is 281 g/mol. The highest BCUT2D eigenvalue weighted by atomic mass is 35.5. The summed E-state index contributed by atoms with van der Waals surface area (Å²) in [5.41, 5.74) is 3.13. The minimum Gasteiger partial charge on any atom is -0.470 e. The summed E-state index contributed by atoms with van der Waals surface area (Å²) in [6.07, 6.45) is 2.70. The van der Waals surface area contributed by atoms with Gasteiger partial charge in [-0.3, -0.25) is 10.2 Å². The van der Waals surface area contributed by atoms with E-state index in [1.54, 1.807) is 0 Å². The molecule has 1 aromatic rings. The molecule has 0 radical (unpaired) electrons. The summed E-state index contributed by atoms with van der Waals surface area (Å²) in [6.45, 7) is 2.11. The first-order valence-electron chi connectivity index (χ1n) is 6.06. The van der Waals surface area contributed by atoms with Gasteiger partial charge in [0.15, 0.2) is 6.23 Å². The Morgan fingerprint density at radius 1 is 1.47 bits per heavy atom. The van der Waals surface area contributed by atoms with Crippen LogP contribution in [0.25, 0.3) is 5.76 Å². The number of hydrogen-bond acceptors (Lipinski definition) is 3. The summed E-state index contributed by atoms with van der Waals surface area (Å²) in [4.78, 5) is 14.3. The number of aromatic nitrogens is 1. The minimum absolute atomic E-state index is 0. The van der Waals surface area contributed by atoms with Gasteiger partial charge in [0.2, 0.25) is 5.56 Å². The third kappa shape index (κ3) is 2.26. The standard InChI is InChI=1S/C13H15N3O2.ClH/c1-7-4-8-5-11(15-6-14)18-13(8)9-2-3-10(17)16-12(7)9;/h2-3,6-7,11H,4-5H2,1H3,(H2,14,15)(H,16,17);1H. The highest BCUT2D eigenvalue weighted by Gasteiger charge is 2.33. The maximum absolute atomic E-state index is 11.4. The summed E-state index contributed by atoms with van der Waals surface area (Å²) < 4.78 is 5.82. The van der Waals surface area contributed by atoms with Gasteiger partial charge in [-0.2, -0.15) is 0 Å². The lowest BCUT2D eigenvalue weighted by atomic mass is 9.86. The van der Waals surface area contributed by atoms with E-state index in [0.717, 1.165) is 36.2 Å². The molecule has 0 bridgehead atoms. The van der Waals surface area contributed by atoms with Crippen molar-refractivity contribution in [1.29, 1.82) is 5.41 Å². The molecular weight excluding hydrogens is 266 g/mol. The summed E-state index contributed by atoms with van der Waals surface area (Å²) in [7, 11) is 0. The lowest BCUT2D eigenvalue weighted by Crippen LogP contribution is -2.26. The van der Waals surface area contributed by atoms with Crippen molar-refractivity contribution < 1.29 is 4.74 Å². The Morgan fingerprint density at radius 2 is 2.26 bits per heavy atom. The van der Waals surface area contributed by atoms with Gasteiger partial charge in [0, 0.05) is 29.7 Å². The van der Waals surface area contributed by atoms with E-state index in [2.05, 4.69) is 17.2 Å². The fourth-order valence-electron chi connectivity index (χ4n) is 2.75. The fourth-order valence-corrected chi connectivity index (χ4v) is 2.75. The molecule has 2 heterocycles. The van der Waals surface area contributed by atoms with E-state index in [9.17, 15) is 4.79 Å². The molecule has 2 unspecified atom stereocenters. The zero-order valence-corrected chi connectivity index (χ0v) is 11.3. The number of H-pyrrole nitrogens is 1. The Balaban J connectivity index is 0.00000133. The van der Waals surface area contributed by atoms with Gasteiger partial charge in [-0.25, -0.2) is 0 Å². The Morgan fingerprint density at radius 3 is 3.00 bits per heavy atom. The Hall–Kier alpha value is -1.75. The van der Waals surface area contributed by atoms with E-state index in [1.807, 2.05) is 6.07 Å². The maximum atomic E-state index is 11.4. The average molecular weight is 282 g/mol. The summed E-state index contributed by atoms with van der Waals surface area (Å²) in [5, 5.41) is 9.92. The topological polar surface area (TPSA) is 78.0 Å². The van der Waals surface area contributed by atoms with Crippen molar-refractivity contribution in [3.8, 4) is 0 Å². The number of aromatic amines is 1. The van der Waals surface area contributed by atoms with Crippen molar-refractivity contribution in [2.45, 2.75) is 31.9 Å². The summed E-state index contributed by atoms with van der Waals surface area (Å²) >= 11 is 0. The molecule has 2 aliphatic rings. The molecule has 0 saturated carbocycles. The molecule has 19 heavy (non-hydrogen) atoms. The van der Waals surface area contributed by atoms with E-state index in [4.69, 9.17) is 10.1 Å². The van der Waals surface area contributed by atoms with Gasteiger partial charge in [-0.05, 0) is 18.1 Å². The molecule has 0 fully saturated rings. The Bertz CT molecular complexity index is 594. The second-order valence-electron chi connectivity index (χ2n) is 4.81. The SMILES string of the molecule is CC1CC2=C(OC(NC=N)C2)c2ccc(=O)[nH]c21.Cl. The van der Waals surface area contributed by atoms with Crippen LogP contribution in [0.2, 0.25) is 0 Å². The second kappa shape index (κ2) is 5.09. The molecule has 2 atom stereocenters. The first-order chi connectivity index (χ1) is 8.69. The lowest BCUT2D eigenvalue weighted by Gasteiger charge is -2.22. The van der Waals surface area contributed by atoms with Crippen LogP contribution in [-0.2, 0) is 4.74 Å². The maximum Gasteiger partial charge on any atom is 0.248 e. The quantitative estimate of drug-likeness (QED) is 0.573. The summed E-state index contributed by atoms with van der Waals surface area (Å²) in [5.74, 6) is 1.17. The second-order valence-corrected chi connectivity index (χ2v) is 4.81. The number of fused-ring (bicyclic) bond motifs is 2. The third-order valence-electron chi connectivity index (χ3n) is 3.52. The van der Waals surface area contributed by atoms with Crippen molar-refractivity contribution in [3.05, 3.63) is 39.3 Å². The van der Waals surface area contributed by atoms with E-state index in [-0.39, 0.29) is 24.2 Å². The zero-order chi connectivity index (χ0) is 12.7. The number of rotatable bonds is 2. The minimum atomic E-state index is -0.155. The molecular formula is C13H16ClN3O2. The van der Waals surface area contributed by atoms with Crippen LogP contribution in [0.3, 0.4) is 0 Å². The number of nitrogens with one attached hydrogen (secondary N) is 3. The van der Waals surface area contributed by atoms with Crippen molar-refractivity contribution in [3.63, 3.8) is 0 Å². The third-order valence-corrected chi connectivity index (χ3v) is 3.52. The van der Waals surface area contributed by atoms with Crippen LogP contribution in [0.15, 0.2) is 22.5 Å². The highest BCUT2D eigenvalue weighted by Crippen LogP contribution is 2.43. The van der Waals surface area contributed by atoms with Gasteiger partial charge in [0.05, 0.1) is 6.34 Å². The van der Waals surface area contributed by atoms with Gasteiger partial charge in [-0.1, -0.05) is 6.92 Å². The van der Waals surface area contributed by atoms with E-state index >= 15 is 0 Å². The average Bonchev–Trinajstić information content (AvgIpc) is 2.72. The van der Waals surface area contributed by atoms with Crippen LogP contribution in [0.5, 0.6) is 0 Å². The predicted molar refractivity (Wildman–Crippen MR) is 75.7 cm³/mol. The predicted octanol–water partition coefficient (Wildman–Crippen LogP) is 1.96. The normalized spacial score (nSPS) is 23.8. The molecule has 1 aliphatic carbocycles. The van der Waals surface area contributed by atoms with Gasteiger partial charge in [-0.15, -0.1) is 12.4 Å². The first kappa shape index (κ1) is 13.7. The van der Waals surface area contributed by atoms with E-state index in [0.29, 0.717) is 5.92 Å². The largest absolute Gasteiger partial charge is 0.470 e. The van der Waals surface area contributed by atoms with E-state index in [1.165, 1.54) is 11.6 Å². The van der Waals surface area contributed by atoms with Crippen LogP contribution in [-0.4, -0.2) is 17.6 Å². The molecule has 6 heteroatoms. The van der Waals surface area contributed by atoms with E-state index < -0.39 is 0 Å². The van der Waals surface area contributed by atoms with Crippen LogP contribution >= 0.6 is 12.4 Å². The molecule has 3 N–H and O–H groups in total. The zero-order valence-electron chi connectivity index (χ0n) is 10.5. The van der Waals surface area contributed by atoms with Gasteiger partial charge in [0.1, 0.15) is 5.76 Å². The Kier molecular flexibility index (Phi) is 3.66. The van der Waals surface area contributed by atoms with Gasteiger partial charge in [0.25, 0.3) is 0 Å². The Labute approximate surface area is 117 Å².